The fraction of sp³-hybridized carbons (Fsp3) is 0.0909. The summed E-state index contributed by atoms with van der Waals surface area (Å²) < 4.78 is 6.07. The number of ether oxygens (including phenoxy) is 1. The number of aromatic nitrogens is 2. The predicted octanol–water partition coefficient (Wildman–Crippen LogP) is 5.09. The molecule has 35 heavy (non-hydrogen) atoms. The Morgan fingerprint density at radius 1 is 1.20 bits per heavy atom. The number of nitrogens with zero attached hydrogens (tertiary/aromatic N) is 3. The molecule has 2 aromatic heterocycles. The maximum Gasteiger partial charge on any atom is 0.359 e. The van der Waals surface area contributed by atoms with Crippen LogP contribution in [0.4, 0.5) is 10.7 Å². The Kier molecular flexibility index (Phi) is 6.83. The molecule has 0 saturated carbocycles. The standard InChI is InChI=1S/C22H14Cl2N4O6S/c1-2-34-22(31)18-15-10-35-20(25-19(29)14-9-12(24)6-7-16(14)28(32)33)17(15)21(30)27(26-18)13-5-3-4-11(23)8-13/h3-10H,2H2,1H3,(H,25,29). The number of thiophene rings is 1. The molecule has 1 amide bonds. The Morgan fingerprint density at radius 2 is 1.94 bits per heavy atom. The van der Waals surface area contributed by atoms with Crippen LogP contribution in [0.1, 0.15) is 27.8 Å². The summed E-state index contributed by atoms with van der Waals surface area (Å²) >= 11 is 12.9. The number of carbonyl (C=O) groups is 2. The predicted molar refractivity (Wildman–Crippen MR) is 132 cm³/mol. The van der Waals surface area contributed by atoms with Crippen molar-refractivity contribution in [3.63, 3.8) is 0 Å². The van der Waals surface area contributed by atoms with Crippen molar-refractivity contribution in [2.45, 2.75) is 6.92 Å². The highest BCUT2D eigenvalue weighted by molar-refractivity contribution is 7.16. The fourth-order valence-electron chi connectivity index (χ4n) is 3.29. The summed E-state index contributed by atoms with van der Waals surface area (Å²) in [5, 5.41) is 20.2. The Labute approximate surface area is 210 Å². The number of fused-ring (bicyclic) bond motifs is 1. The van der Waals surface area contributed by atoms with E-state index in [1.54, 1.807) is 25.1 Å². The van der Waals surface area contributed by atoms with Crippen LogP contribution in [0.15, 0.2) is 52.6 Å². The monoisotopic (exact) mass is 532 g/mol. The summed E-state index contributed by atoms with van der Waals surface area (Å²) in [6, 6.07) is 9.82. The van der Waals surface area contributed by atoms with Crippen LogP contribution in [0.2, 0.25) is 10.0 Å². The van der Waals surface area contributed by atoms with E-state index >= 15 is 0 Å². The van der Waals surface area contributed by atoms with E-state index in [1.807, 2.05) is 0 Å². The van der Waals surface area contributed by atoms with Gasteiger partial charge >= 0.3 is 5.97 Å². The summed E-state index contributed by atoms with van der Waals surface area (Å²) in [5.41, 5.74) is -1.26. The molecule has 2 heterocycles. The van der Waals surface area contributed by atoms with E-state index < -0.39 is 28.0 Å². The van der Waals surface area contributed by atoms with Gasteiger partial charge in [0.05, 0.1) is 22.6 Å². The number of hydrogen-bond acceptors (Lipinski definition) is 8. The van der Waals surface area contributed by atoms with Crippen LogP contribution in [-0.2, 0) is 4.74 Å². The van der Waals surface area contributed by atoms with Crippen molar-refractivity contribution in [3.8, 4) is 5.69 Å². The fourth-order valence-corrected chi connectivity index (χ4v) is 4.58. The van der Waals surface area contributed by atoms with Crippen LogP contribution in [-0.4, -0.2) is 33.2 Å². The minimum absolute atomic E-state index is 0.0222. The third kappa shape index (κ3) is 4.74. The molecular weight excluding hydrogens is 519 g/mol. The third-order valence-electron chi connectivity index (χ3n) is 4.80. The zero-order valence-electron chi connectivity index (χ0n) is 17.8. The number of halogens is 2. The number of amides is 1. The Bertz CT molecular complexity index is 1570. The van der Waals surface area contributed by atoms with Crippen molar-refractivity contribution in [1.29, 1.82) is 0 Å². The van der Waals surface area contributed by atoms with Crippen molar-refractivity contribution in [3.05, 3.63) is 89.6 Å². The second-order valence-electron chi connectivity index (χ2n) is 6.99. The molecule has 178 valence electrons. The molecule has 0 unspecified atom stereocenters. The van der Waals surface area contributed by atoms with Crippen LogP contribution >= 0.6 is 34.5 Å². The molecular formula is C22H14Cl2N4O6S. The SMILES string of the molecule is CCOC(=O)c1nn(-c2cccc(Cl)c2)c(=O)c2c(NC(=O)c3cc(Cl)ccc3[N+](=O)[O-])scc12. The van der Waals surface area contributed by atoms with Gasteiger partial charge in [0.1, 0.15) is 10.6 Å². The van der Waals surface area contributed by atoms with Gasteiger partial charge in [-0.15, -0.1) is 11.3 Å². The van der Waals surface area contributed by atoms with Crippen LogP contribution in [0, 0.1) is 10.1 Å². The first-order chi connectivity index (χ1) is 16.7. The lowest BCUT2D eigenvalue weighted by molar-refractivity contribution is -0.385. The number of nitro benzene ring substituents is 1. The molecule has 4 aromatic rings. The lowest BCUT2D eigenvalue weighted by Crippen LogP contribution is -2.25. The normalized spacial score (nSPS) is 10.8. The molecule has 0 radical (unpaired) electrons. The average Bonchev–Trinajstić information content (AvgIpc) is 3.23. The van der Waals surface area contributed by atoms with Crippen molar-refractivity contribution in [2.24, 2.45) is 0 Å². The number of nitrogens with one attached hydrogen (secondary N) is 1. The largest absolute Gasteiger partial charge is 0.461 e. The lowest BCUT2D eigenvalue weighted by atomic mass is 10.1. The summed E-state index contributed by atoms with van der Waals surface area (Å²) in [7, 11) is 0. The van der Waals surface area contributed by atoms with Crippen molar-refractivity contribution in [1.82, 2.24) is 9.78 Å². The van der Waals surface area contributed by atoms with E-state index in [2.05, 4.69) is 10.4 Å². The molecule has 0 aliphatic heterocycles. The van der Waals surface area contributed by atoms with E-state index in [0.29, 0.717) is 5.02 Å². The summed E-state index contributed by atoms with van der Waals surface area (Å²) in [6.45, 7) is 1.70. The molecule has 0 aliphatic rings. The van der Waals surface area contributed by atoms with Gasteiger partial charge in [-0.05, 0) is 37.3 Å². The van der Waals surface area contributed by atoms with Gasteiger partial charge in [-0.3, -0.25) is 19.7 Å². The van der Waals surface area contributed by atoms with Crippen LogP contribution in [0.25, 0.3) is 16.5 Å². The number of hydrogen-bond donors (Lipinski definition) is 1. The third-order valence-corrected chi connectivity index (χ3v) is 6.17. The molecule has 2 aromatic carbocycles. The number of benzene rings is 2. The highest BCUT2D eigenvalue weighted by atomic mass is 35.5. The second kappa shape index (κ2) is 9.82. The maximum atomic E-state index is 13.4. The van der Waals surface area contributed by atoms with E-state index in [-0.39, 0.29) is 44.3 Å². The number of esters is 1. The molecule has 0 fully saturated rings. The van der Waals surface area contributed by atoms with Crippen LogP contribution in [0.3, 0.4) is 0 Å². The summed E-state index contributed by atoms with van der Waals surface area (Å²) in [5.74, 6) is -1.62. The van der Waals surface area contributed by atoms with Crippen LogP contribution < -0.4 is 10.9 Å². The van der Waals surface area contributed by atoms with E-state index in [0.717, 1.165) is 28.2 Å². The topological polar surface area (TPSA) is 133 Å². The van der Waals surface area contributed by atoms with Gasteiger partial charge in [0.25, 0.3) is 17.2 Å². The molecule has 10 nitrogen and oxygen atoms in total. The minimum atomic E-state index is -0.855. The van der Waals surface area contributed by atoms with Gasteiger partial charge in [-0.1, -0.05) is 29.3 Å². The van der Waals surface area contributed by atoms with Crippen molar-refractivity contribution in [2.75, 3.05) is 11.9 Å². The van der Waals surface area contributed by atoms with Gasteiger partial charge in [0, 0.05) is 26.9 Å². The number of rotatable bonds is 6. The Hall–Kier alpha value is -3.80. The highest BCUT2D eigenvalue weighted by Crippen LogP contribution is 2.32. The summed E-state index contributed by atoms with van der Waals surface area (Å²) in [6.07, 6.45) is 0. The molecule has 0 spiro atoms. The molecule has 0 atom stereocenters. The van der Waals surface area contributed by atoms with Gasteiger partial charge < -0.3 is 10.1 Å². The van der Waals surface area contributed by atoms with Crippen molar-refractivity contribution >= 4 is 67.9 Å². The van der Waals surface area contributed by atoms with Gasteiger partial charge in [-0.25, -0.2) is 4.79 Å². The summed E-state index contributed by atoms with van der Waals surface area (Å²) in [4.78, 5) is 49.7. The first-order valence-electron chi connectivity index (χ1n) is 9.94. The van der Waals surface area contributed by atoms with E-state index in [9.17, 15) is 24.5 Å². The first-order valence-corrected chi connectivity index (χ1v) is 11.6. The van der Waals surface area contributed by atoms with E-state index in [1.165, 1.54) is 17.5 Å². The minimum Gasteiger partial charge on any atom is -0.461 e. The molecule has 0 bridgehead atoms. The zero-order chi connectivity index (χ0) is 25.3. The van der Waals surface area contributed by atoms with Gasteiger partial charge in [-0.2, -0.15) is 9.78 Å². The molecule has 0 saturated heterocycles. The Morgan fingerprint density at radius 3 is 2.63 bits per heavy atom. The number of carbonyl (C=O) groups excluding carboxylic acids is 2. The van der Waals surface area contributed by atoms with Crippen molar-refractivity contribution < 1.29 is 19.2 Å². The van der Waals surface area contributed by atoms with Gasteiger partial charge in [0.2, 0.25) is 0 Å². The quantitative estimate of drug-likeness (QED) is 0.207. The lowest BCUT2D eigenvalue weighted by Gasteiger charge is -2.10. The average molecular weight is 533 g/mol. The highest BCUT2D eigenvalue weighted by Gasteiger charge is 2.26. The first kappa shape index (κ1) is 24.3. The molecule has 4 rings (SSSR count). The van der Waals surface area contributed by atoms with E-state index in [4.69, 9.17) is 27.9 Å². The van der Waals surface area contributed by atoms with Gasteiger partial charge in [0.15, 0.2) is 5.69 Å². The maximum absolute atomic E-state index is 13.4. The molecule has 13 heteroatoms. The number of nitro groups is 1. The van der Waals surface area contributed by atoms with Crippen LogP contribution in [0.5, 0.6) is 0 Å². The molecule has 0 aliphatic carbocycles. The smallest absolute Gasteiger partial charge is 0.359 e. The second-order valence-corrected chi connectivity index (χ2v) is 8.74. The zero-order valence-corrected chi connectivity index (χ0v) is 20.1. The number of anilines is 1. The Balaban J connectivity index is 1.90. The molecule has 1 N–H and O–H groups in total.